The number of fused-ring (bicyclic) bond motifs is 2. The Morgan fingerprint density at radius 1 is 1.27 bits per heavy atom. The van der Waals surface area contributed by atoms with Gasteiger partial charge in [0.25, 0.3) is 11.8 Å². The van der Waals surface area contributed by atoms with E-state index in [4.69, 9.17) is 9.15 Å². The summed E-state index contributed by atoms with van der Waals surface area (Å²) in [6.45, 7) is 0.672. The van der Waals surface area contributed by atoms with Gasteiger partial charge in [-0.3, -0.25) is 19.9 Å². The Labute approximate surface area is 190 Å². The molecule has 0 saturated heterocycles. The number of benzene rings is 1. The lowest BCUT2D eigenvalue weighted by atomic mass is 10.1. The van der Waals surface area contributed by atoms with Crippen LogP contribution in [0.2, 0.25) is 0 Å². The van der Waals surface area contributed by atoms with Crippen LogP contribution < -0.4 is 15.7 Å². The monoisotopic (exact) mass is 463 g/mol. The quantitative estimate of drug-likeness (QED) is 0.457. The highest BCUT2D eigenvalue weighted by Gasteiger charge is 2.28. The van der Waals surface area contributed by atoms with E-state index in [-0.39, 0.29) is 17.8 Å². The predicted octanol–water partition coefficient (Wildman–Crippen LogP) is 2.50. The lowest BCUT2D eigenvalue weighted by molar-refractivity contribution is 0.0732. The molecule has 166 valence electrons. The smallest absolute Gasteiger partial charge is 0.349 e. The molecule has 11 heteroatoms. The van der Waals surface area contributed by atoms with Crippen molar-refractivity contribution < 1.29 is 18.7 Å². The summed E-state index contributed by atoms with van der Waals surface area (Å²) in [5, 5.41) is 3.73. The van der Waals surface area contributed by atoms with Gasteiger partial charge < -0.3 is 14.1 Å². The standard InChI is InChI=1S/C22H17N5O5S/c1-31-16-4-2-3-12-9-13(21(30)32-18(12)16)20(29)27-8-5-14-17(11-27)33-22(25-14)26-19(28)15-10-23-6-7-24-15/h2-4,6-7,9-10H,5,8,11H2,1H3,(H,25,26,28). The number of anilines is 1. The molecule has 0 bridgehead atoms. The number of aromatic nitrogens is 3. The van der Waals surface area contributed by atoms with Gasteiger partial charge in [-0.05, 0) is 12.1 Å². The number of amides is 2. The van der Waals surface area contributed by atoms with E-state index < -0.39 is 17.4 Å². The van der Waals surface area contributed by atoms with Gasteiger partial charge in [0.15, 0.2) is 16.5 Å². The topological polar surface area (TPSA) is 128 Å². The zero-order valence-electron chi connectivity index (χ0n) is 17.4. The van der Waals surface area contributed by atoms with Gasteiger partial charge in [0.2, 0.25) is 0 Å². The van der Waals surface area contributed by atoms with Gasteiger partial charge in [-0.15, -0.1) is 0 Å². The fourth-order valence-electron chi connectivity index (χ4n) is 3.60. The third-order valence-electron chi connectivity index (χ3n) is 5.21. The summed E-state index contributed by atoms with van der Waals surface area (Å²) < 4.78 is 10.6. The van der Waals surface area contributed by atoms with Crippen molar-refractivity contribution >= 4 is 39.3 Å². The van der Waals surface area contributed by atoms with Crippen molar-refractivity contribution in [2.75, 3.05) is 19.0 Å². The van der Waals surface area contributed by atoms with Gasteiger partial charge in [0.05, 0.1) is 25.5 Å². The molecule has 0 atom stereocenters. The number of hydrogen-bond donors (Lipinski definition) is 1. The first kappa shape index (κ1) is 20.8. The van der Waals surface area contributed by atoms with Gasteiger partial charge in [0.1, 0.15) is 11.3 Å². The first-order chi connectivity index (χ1) is 16.0. The summed E-state index contributed by atoms with van der Waals surface area (Å²) in [6.07, 6.45) is 4.79. The SMILES string of the molecule is COc1cccc2cc(C(=O)N3CCc4nc(NC(=O)c5cnccn5)sc4C3)c(=O)oc12. The van der Waals surface area contributed by atoms with E-state index >= 15 is 0 Å². The Balaban J connectivity index is 1.36. The van der Waals surface area contributed by atoms with Gasteiger partial charge in [-0.2, -0.15) is 0 Å². The predicted molar refractivity (Wildman–Crippen MR) is 120 cm³/mol. The Morgan fingerprint density at radius 3 is 2.94 bits per heavy atom. The maximum atomic E-state index is 13.1. The summed E-state index contributed by atoms with van der Waals surface area (Å²) in [7, 11) is 1.48. The van der Waals surface area contributed by atoms with Crippen LogP contribution in [0.5, 0.6) is 5.75 Å². The van der Waals surface area contributed by atoms with Crippen LogP contribution >= 0.6 is 11.3 Å². The Bertz CT molecular complexity index is 1430. The summed E-state index contributed by atoms with van der Waals surface area (Å²) in [5.41, 5.74) is 0.535. The zero-order valence-corrected chi connectivity index (χ0v) is 18.2. The largest absolute Gasteiger partial charge is 0.493 e. The molecule has 4 aromatic rings. The molecule has 3 aromatic heterocycles. The third-order valence-corrected chi connectivity index (χ3v) is 6.21. The Kier molecular flexibility index (Phi) is 5.31. The number of thiazole rings is 1. The van der Waals surface area contributed by atoms with Crippen LogP contribution in [0.25, 0.3) is 11.0 Å². The van der Waals surface area contributed by atoms with E-state index in [1.165, 1.54) is 43.1 Å². The van der Waals surface area contributed by atoms with Crippen molar-refractivity contribution in [3.63, 3.8) is 0 Å². The van der Waals surface area contributed by atoms with E-state index in [0.29, 0.717) is 34.8 Å². The maximum Gasteiger partial charge on any atom is 0.349 e. The van der Waals surface area contributed by atoms with Crippen LogP contribution in [-0.2, 0) is 13.0 Å². The number of carbonyl (C=O) groups excluding carboxylic acids is 2. The molecule has 1 aromatic carbocycles. The summed E-state index contributed by atoms with van der Waals surface area (Å²) in [5.74, 6) is -0.407. The molecular formula is C22H17N5O5S. The van der Waals surface area contributed by atoms with Crippen molar-refractivity contribution in [1.82, 2.24) is 19.9 Å². The minimum Gasteiger partial charge on any atom is -0.493 e. The van der Waals surface area contributed by atoms with Crippen molar-refractivity contribution in [1.29, 1.82) is 0 Å². The average Bonchev–Trinajstić information content (AvgIpc) is 3.24. The molecular weight excluding hydrogens is 446 g/mol. The molecule has 0 aliphatic carbocycles. The van der Waals surface area contributed by atoms with Crippen molar-refractivity contribution in [2.24, 2.45) is 0 Å². The molecule has 0 spiro atoms. The normalized spacial score (nSPS) is 12.9. The van der Waals surface area contributed by atoms with Crippen LogP contribution in [0.4, 0.5) is 5.13 Å². The Hall–Kier alpha value is -4.12. The number of nitrogens with zero attached hydrogens (tertiary/aromatic N) is 4. The van der Waals surface area contributed by atoms with Crippen molar-refractivity contribution in [3.05, 3.63) is 75.1 Å². The molecule has 5 rings (SSSR count). The summed E-state index contributed by atoms with van der Waals surface area (Å²) in [6, 6.07) is 6.72. The van der Waals surface area contributed by atoms with Gasteiger partial charge >= 0.3 is 5.63 Å². The Morgan fingerprint density at radius 2 is 2.15 bits per heavy atom. The van der Waals surface area contributed by atoms with Crippen LogP contribution in [0.3, 0.4) is 0 Å². The first-order valence-corrected chi connectivity index (χ1v) is 10.8. The van der Waals surface area contributed by atoms with E-state index in [0.717, 1.165) is 10.6 Å². The molecule has 1 N–H and O–H groups in total. The second kappa shape index (κ2) is 8.43. The molecule has 0 unspecified atom stereocenters. The zero-order chi connectivity index (χ0) is 22.9. The van der Waals surface area contributed by atoms with Gasteiger partial charge in [0, 0.05) is 35.6 Å². The molecule has 0 saturated carbocycles. The maximum absolute atomic E-state index is 13.1. The lowest BCUT2D eigenvalue weighted by Gasteiger charge is -2.25. The first-order valence-electron chi connectivity index (χ1n) is 9.99. The second-order valence-corrected chi connectivity index (χ2v) is 8.32. The fourth-order valence-corrected chi connectivity index (χ4v) is 4.62. The lowest BCUT2D eigenvalue weighted by Crippen LogP contribution is -2.37. The summed E-state index contributed by atoms with van der Waals surface area (Å²) >= 11 is 1.28. The highest BCUT2D eigenvalue weighted by Crippen LogP contribution is 2.30. The number of ether oxygens (including phenoxy) is 1. The highest BCUT2D eigenvalue weighted by atomic mass is 32.1. The van der Waals surface area contributed by atoms with E-state index in [9.17, 15) is 14.4 Å². The average molecular weight is 463 g/mol. The molecule has 0 fully saturated rings. The number of para-hydroxylation sites is 1. The van der Waals surface area contributed by atoms with Crippen LogP contribution in [0.1, 0.15) is 31.4 Å². The number of hydrogen-bond acceptors (Lipinski definition) is 9. The molecule has 10 nitrogen and oxygen atoms in total. The molecule has 0 radical (unpaired) electrons. The number of carbonyl (C=O) groups is 2. The van der Waals surface area contributed by atoms with E-state index in [2.05, 4.69) is 20.3 Å². The van der Waals surface area contributed by atoms with Crippen LogP contribution in [-0.4, -0.2) is 45.3 Å². The van der Waals surface area contributed by atoms with E-state index in [1.54, 1.807) is 23.1 Å². The third kappa shape index (κ3) is 3.94. The molecule has 2 amide bonds. The minimum atomic E-state index is -0.718. The highest BCUT2D eigenvalue weighted by molar-refractivity contribution is 7.15. The molecule has 4 heterocycles. The second-order valence-electron chi connectivity index (χ2n) is 7.24. The van der Waals surface area contributed by atoms with Crippen LogP contribution in [0.15, 0.2) is 52.1 Å². The molecule has 1 aliphatic heterocycles. The van der Waals surface area contributed by atoms with Gasteiger partial charge in [-0.25, -0.2) is 14.8 Å². The number of nitrogens with one attached hydrogen (secondary N) is 1. The summed E-state index contributed by atoms with van der Waals surface area (Å²) in [4.78, 5) is 52.7. The van der Waals surface area contributed by atoms with Crippen molar-refractivity contribution in [3.8, 4) is 5.75 Å². The fraction of sp³-hybridized carbons (Fsp3) is 0.182. The minimum absolute atomic E-state index is 0.0418. The molecule has 33 heavy (non-hydrogen) atoms. The number of methoxy groups -OCH3 is 1. The van der Waals surface area contributed by atoms with Crippen molar-refractivity contribution in [2.45, 2.75) is 13.0 Å². The van der Waals surface area contributed by atoms with E-state index in [1.807, 2.05) is 0 Å². The number of rotatable bonds is 4. The van der Waals surface area contributed by atoms with Crippen LogP contribution in [0, 0.1) is 0 Å². The van der Waals surface area contributed by atoms with Gasteiger partial charge in [-0.1, -0.05) is 23.5 Å². The molecule has 1 aliphatic rings.